The summed E-state index contributed by atoms with van der Waals surface area (Å²) in [6.45, 7) is 0.799. The van der Waals surface area contributed by atoms with Crippen molar-refractivity contribution in [1.82, 2.24) is 19.4 Å². The first-order chi connectivity index (χ1) is 18.9. The van der Waals surface area contributed by atoms with Gasteiger partial charge in [-0.05, 0) is 29.2 Å². The molecule has 2 saturated heterocycles. The Hall–Kier alpha value is -3.49. The molecular weight excluding hydrogens is 553 g/mol. The summed E-state index contributed by atoms with van der Waals surface area (Å²) in [5.41, 5.74) is -2.42. The minimum atomic E-state index is -5.31. The molecule has 5 rings (SSSR count). The number of fused-ring (bicyclic) bond motifs is 1. The number of carbonyl (C=O) groups is 3. The van der Waals surface area contributed by atoms with Crippen LogP contribution in [0.2, 0.25) is 0 Å². The minimum absolute atomic E-state index is 0.173. The Morgan fingerprint density at radius 2 is 1.62 bits per heavy atom. The van der Waals surface area contributed by atoms with Crippen LogP contribution in [-0.2, 0) is 39.3 Å². The Bertz CT molecular complexity index is 1420. The molecule has 3 heterocycles. The normalized spacial score (nSPS) is 20.9. The summed E-state index contributed by atoms with van der Waals surface area (Å²) in [6.07, 6.45) is 0.446. The molecule has 14 heteroatoms. The number of nitrogens with zero attached hydrogens (tertiary/aromatic N) is 3. The summed E-state index contributed by atoms with van der Waals surface area (Å²) in [5, 5.41) is 2.29. The molecule has 2 fully saturated rings. The molecule has 1 N–H and O–H groups in total. The molecule has 1 unspecified atom stereocenters. The third-order valence-corrected chi connectivity index (χ3v) is 8.93. The lowest BCUT2D eigenvalue weighted by Gasteiger charge is -2.34. The highest BCUT2D eigenvalue weighted by molar-refractivity contribution is 7.90. The average Bonchev–Trinajstić information content (AvgIpc) is 3.24. The van der Waals surface area contributed by atoms with Crippen LogP contribution in [-0.4, -0.2) is 78.0 Å². The van der Waals surface area contributed by atoms with Crippen LogP contribution in [0, 0.1) is 0 Å². The number of hydrogen-bond acceptors (Lipinski definition) is 7. The predicted octanol–water partition coefficient (Wildman–Crippen LogP) is 1.99. The summed E-state index contributed by atoms with van der Waals surface area (Å²) in [4.78, 5) is 40.3. The standard InChI is InChI=1S/C26H27F3N4O6S/c27-26(28,29)40(37,38)32-12-10-31(11-13-32)14-17-4-6-18(7-5-17)16-39-21-3-1-2-19-15-33(25(36)23(19)21)20-8-9-22(34)30-24(20)35/h1-7,20H,8-16H2,(H,30,34,35). The molecule has 2 aromatic rings. The smallest absolute Gasteiger partial charge is 0.488 e. The van der Waals surface area contributed by atoms with Crippen molar-refractivity contribution in [3.05, 3.63) is 64.7 Å². The van der Waals surface area contributed by atoms with Gasteiger partial charge in [0.05, 0.1) is 5.56 Å². The molecule has 0 bridgehead atoms. The number of nitrogens with one attached hydrogen (secondary N) is 1. The molecule has 2 aromatic carbocycles. The highest BCUT2D eigenvalue weighted by Gasteiger charge is 2.50. The number of alkyl halides is 3. The molecule has 3 aliphatic heterocycles. The number of sulfonamides is 1. The summed E-state index contributed by atoms with van der Waals surface area (Å²) in [5.74, 6) is -0.751. The lowest BCUT2D eigenvalue weighted by Crippen LogP contribution is -2.52. The van der Waals surface area contributed by atoms with E-state index in [0.29, 0.717) is 22.2 Å². The number of halogens is 3. The van der Waals surface area contributed by atoms with Crippen LogP contribution >= 0.6 is 0 Å². The van der Waals surface area contributed by atoms with Gasteiger partial charge in [0.1, 0.15) is 18.4 Å². The van der Waals surface area contributed by atoms with E-state index in [-0.39, 0.29) is 64.0 Å². The van der Waals surface area contributed by atoms with E-state index in [9.17, 15) is 36.0 Å². The number of carbonyl (C=O) groups excluding carboxylic acids is 3. The molecule has 0 saturated carbocycles. The SMILES string of the molecule is O=C1CCC(N2Cc3cccc(OCc4ccc(CN5CCN(S(=O)(=O)C(F)(F)F)CC5)cc4)c3C2=O)C(=O)N1. The number of amides is 3. The van der Waals surface area contributed by atoms with E-state index in [1.807, 2.05) is 29.2 Å². The third kappa shape index (κ3) is 5.56. The lowest BCUT2D eigenvalue weighted by atomic mass is 10.0. The molecule has 40 heavy (non-hydrogen) atoms. The highest BCUT2D eigenvalue weighted by atomic mass is 32.2. The van der Waals surface area contributed by atoms with Gasteiger partial charge in [0.25, 0.3) is 5.91 Å². The molecule has 0 aliphatic carbocycles. The van der Waals surface area contributed by atoms with Gasteiger partial charge in [0.2, 0.25) is 11.8 Å². The van der Waals surface area contributed by atoms with Crippen molar-refractivity contribution in [2.45, 2.75) is 44.1 Å². The molecule has 0 spiro atoms. The van der Waals surface area contributed by atoms with Gasteiger partial charge in [0, 0.05) is 45.7 Å². The summed E-state index contributed by atoms with van der Waals surface area (Å²) in [6, 6.07) is 12.0. The van der Waals surface area contributed by atoms with Crippen molar-refractivity contribution in [3.63, 3.8) is 0 Å². The van der Waals surface area contributed by atoms with Crippen molar-refractivity contribution >= 4 is 27.7 Å². The van der Waals surface area contributed by atoms with Crippen LogP contribution in [0.3, 0.4) is 0 Å². The van der Waals surface area contributed by atoms with Gasteiger partial charge < -0.3 is 9.64 Å². The second kappa shape index (κ2) is 10.8. The number of imide groups is 1. The van der Waals surface area contributed by atoms with Crippen LogP contribution in [0.25, 0.3) is 0 Å². The largest absolute Gasteiger partial charge is 0.511 e. The second-order valence-electron chi connectivity index (χ2n) is 9.92. The third-order valence-electron chi connectivity index (χ3n) is 7.30. The highest BCUT2D eigenvalue weighted by Crippen LogP contribution is 2.34. The zero-order chi connectivity index (χ0) is 28.7. The molecule has 214 valence electrons. The maximum absolute atomic E-state index is 13.2. The van der Waals surface area contributed by atoms with Gasteiger partial charge in [-0.3, -0.25) is 24.6 Å². The van der Waals surface area contributed by atoms with Gasteiger partial charge in [0.15, 0.2) is 0 Å². The van der Waals surface area contributed by atoms with E-state index in [1.54, 1.807) is 18.2 Å². The first-order valence-electron chi connectivity index (χ1n) is 12.7. The van der Waals surface area contributed by atoms with E-state index in [4.69, 9.17) is 4.74 Å². The molecule has 3 amide bonds. The molecule has 3 aliphatic rings. The number of hydrogen-bond donors (Lipinski definition) is 1. The van der Waals surface area contributed by atoms with Gasteiger partial charge in [-0.25, -0.2) is 8.42 Å². The van der Waals surface area contributed by atoms with Crippen molar-refractivity contribution in [1.29, 1.82) is 0 Å². The van der Waals surface area contributed by atoms with Crippen molar-refractivity contribution < 1.29 is 40.7 Å². The average molecular weight is 581 g/mol. The topological polar surface area (TPSA) is 116 Å². The van der Waals surface area contributed by atoms with Crippen LogP contribution < -0.4 is 10.1 Å². The molecular formula is C26H27F3N4O6S. The van der Waals surface area contributed by atoms with Crippen molar-refractivity contribution in [2.24, 2.45) is 0 Å². The fourth-order valence-electron chi connectivity index (χ4n) is 5.14. The van der Waals surface area contributed by atoms with E-state index in [0.717, 1.165) is 16.7 Å². The van der Waals surface area contributed by atoms with Gasteiger partial charge in [-0.1, -0.05) is 36.4 Å². The Balaban J connectivity index is 1.16. The summed E-state index contributed by atoms with van der Waals surface area (Å²) >= 11 is 0. The Kier molecular flexibility index (Phi) is 7.59. The Morgan fingerprint density at radius 1 is 0.950 bits per heavy atom. The van der Waals surface area contributed by atoms with Gasteiger partial charge in [-0.15, -0.1) is 0 Å². The first-order valence-corrected chi connectivity index (χ1v) is 14.1. The van der Waals surface area contributed by atoms with E-state index < -0.39 is 27.5 Å². The number of benzene rings is 2. The van der Waals surface area contributed by atoms with E-state index in [2.05, 4.69) is 5.32 Å². The predicted molar refractivity (Wildman–Crippen MR) is 135 cm³/mol. The Labute approximate surface area is 228 Å². The van der Waals surface area contributed by atoms with Crippen LogP contribution in [0.1, 0.15) is 39.9 Å². The monoisotopic (exact) mass is 580 g/mol. The van der Waals surface area contributed by atoms with Crippen LogP contribution in [0.5, 0.6) is 5.75 Å². The number of ether oxygens (including phenoxy) is 1. The Morgan fingerprint density at radius 3 is 2.27 bits per heavy atom. The number of rotatable bonds is 7. The van der Waals surface area contributed by atoms with E-state index in [1.165, 1.54) is 4.90 Å². The van der Waals surface area contributed by atoms with E-state index >= 15 is 0 Å². The fourth-order valence-corrected chi connectivity index (χ4v) is 6.07. The maximum atomic E-state index is 13.2. The zero-order valence-electron chi connectivity index (χ0n) is 21.3. The minimum Gasteiger partial charge on any atom is -0.488 e. The van der Waals surface area contributed by atoms with Gasteiger partial charge in [-0.2, -0.15) is 17.5 Å². The van der Waals surface area contributed by atoms with Crippen LogP contribution in [0.15, 0.2) is 42.5 Å². The number of piperidine rings is 1. The van der Waals surface area contributed by atoms with Gasteiger partial charge >= 0.3 is 15.5 Å². The summed E-state index contributed by atoms with van der Waals surface area (Å²) in [7, 11) is -5.31. The van der Waals surface area contributed by atoms with Crippen LogP contribution in [0.4, 0.5) is 13.2 Å². The quantitative estimate of drug-likeness (QED) is 0.498. The zero-order valence-corrected chi connectivity index (χ0v) is 22.1. The molecule has 1 atom stereocenters. The number of piperazine rings is 1. The lowest BCUT2D eigenvalue weighted by molar-refractivity contribution is -0.136. The first kappa shape index (κ1) is 28.1. The van der Waals surface area contributed by atoms with Crippen molar-refractivity contribution in [2.75, 3.05) is 26.2 Å². The maximum Gasteiger partial charge on any atom is 0.511 e. The second-order valence-corrected chi connectivity index (χ2v) is 11.9. The fraction of sp³-hybridized carbons (Fsp3) is 0.423. The summed E-state index contributed by atoms with van der Waals surface area (Å²) < 4.78 is 68.0. The van der Waals surface area contributed by atoms with Crippen molar-refractivity contribution in [3.8, 4) is 5.75 Å². The molecule has 10 nitrogen and oxygen atoms in total. The molecule has 0 aromatic heterocycles. The molecule has 0 radical (unpaired) electrons.